The van der Waals surface area contributed by atoms with E-state index < -0.39 is 35.7 Å². The molecule has 0 aliphatic rings. The normalized spacial score (nSPS) is 11.8. The standard InChI is InChI=1S/C22H16F5N5O3S/c1-10-7-14(18(23)24)29-21-15(10)16(17(36-21)19(28)33)30-20(34)13-5-6-32(31-13)9-35-12-4-2-3-11(8-12)22(25,26)27/h2-8,18H,9H2,1H3,(H2,28,33)(H,30,34). The fourth-order valence-electron chi connectivity index (χ4n) is 3.35. The van der Waals surface area contributed by atoms with Gasteiger partial charge in [-0.15, -0.1) is 11.3 Å². The molecule has 36 heavy (non-hydrogen) atoms. The number of carbonyl (C=O) groups is 2. The summed E-state index contributed by atoms with van der Waals surface area (Å²) in [5.74, 6) is -1.67. The van der Waals surface area contributed by atoms with Crippen LogP contribution in [0.2, 0.25) is 0 Å². The first-order valence-electron chi connectivity index (χ1n) is 10.1. The zero-order valence-corrected chi connectivity index (χ0v) is 19.1. The number of hydrogen-bond acceptors (Lipinski definition) is 6. The minimum atomic E-state index is -4.53. The molecule has 0 spiro atoms. The first-order valence-corrected chi connectivity index (χ1v) is 10.9. The highest BCUT2D eigenvalue weighted by Crippen LogP contribution is 2.38. The lowest BCUT2D eigenvalue weighted by atomic mass is 10.1. The summed E-state index contributed by atoms with van der Waals surface area (Å²) in [4.78, 5) is 28.7. The van der Waals surface area contributed by atoms with Gasteiger partial charge in [-0.25, -0.2) is 18.4 Å². The van der Waals surface area contributed by atoms with Crippen molar-refractivity contribution in [3.8, 4) is 5.75 Å². The minimum Gasteiger partial charge on any atom is -0.471 e. The van der Waals surface area contributed by atoms with Crippen LogP contribution in [0, 0.1) is 6.92 Å². The fraction of sp³-hybridized carbons (Fsp3) is 0.182. The SMILES string of the molecule is Cc1cc(C(F)F)nc2sc(C(N)=O)c(NC(=O)c3ccn(COc4cccc(C(F)(F)F)c4)n3)c12. The van der Waals surface area contributed by atoms with Crippen molar-refractivity contribution in [2.45, 2.75) is 26.3 Å². The fourth-order valence-corrected chi connectivity index (χ4v) is 4.41. The Hall–Kier alpha value is -4.07. The highest BCUT2D eigenvalue weighted by Gasteiger charge is 2.30. The van der Waals surface area contributed by atoms with E-state index in [9.17, 15) is 31.5 Å². The molecule has 0 radical (unpaired) electrons. The van der Waals surface area contributed by atoms with Gasteiger partial charge in [0.05, 0.1) is 11.3 Å². The Morgan fingerprint density at radius 3 is 2.64 bits per heavy atom. The van der Waals surface area contributed by atoms with Crippen LogP contribution in [0.1, 0.15) is 43.4 Å². The van der Waals surface area contributed by atoms with Crippen LogP contribution in [0.5, 0.6) is 5.75 Å². The van der Waals surface area contributed by atoms with Crippen molar-refractivity contribution in [3.63, 3.8) is 0 Å². The number of nitrogens with zero attached hydrogens (tertiary/aromatic N) is 3. The molecule has 3 N–H and O–H groups in total. The molecule has 2 amide bonds. The Labute approximate surface area is 203 Å². The predicted octanol–water partition coefficient (Wildman–Crippen LogP) is 5.15. The number of aryl methyl sites for hydroxylation is 1. The maximum atomic E-state index is 13.1. The number of rotatable bonds is 7. The summed E-state index contributed by atoms with van der Waals surface area (Å²) in [5.41, 5.74) is 4.33. The van der Waals surface area contributed by atoms with Gasteiger partial charge in [-0.2, -0.15) is 18.3 Å². The molecule has 1 aromatic carbocycles. The summed E-state index contributed by atoms with van der Waals surface area (Å²) in [6.07, 6.45) is -5.99. The highest BCUT2D eigenvalue weighted by atomic mass is 32.1. The largest absolute Gasteiger partial charge is 0.471 e. The summed E-state index contributed by atoms with van der Waals surface area (Å²) in [6, 6.07) is 6.75. The molecule has 0 saturated heterocycles. The number of anilines is 1. The Morgan fingerprint density at radius 2 is 1.97 bits per heavy atom. The third kappa shape index (κ3) is 5.12. The average molecular weight is 525 g/mol. The van der Waals surface area contributed by atoms with Crippen molar-refractivity contribution in [3.05, 3.63) is 70.0 Å². The molecule has 0 saturated carbocycles. The van der Waals surface area contributed by atoms with E-state index in [0.29, 0.717) is 10.9 Å². The number of amides is 2. The Kier molecular flexibility index (Phi) is 6.63. The number of ether oxygens (including phenoxy) is 1. The number of hydrogen-bond donors (Lipinski definition) is 2. The van der Waals surface area contributed by atoms with Gasteiger partial charge in [-0.1, -0.05) is 6.07 Å². The number of alkyl halides is 5. The second-order valence-electron chi connectivity index (χ2n) is 7.51. The smallest absolute Gasteiger partial charge is 0.416 e. The Balaban J connectivity index is 1.54. The summed E-state index contributed by atoms with van der Waals surface area (Å²) < 4.78 is 71.3. The third-order valence-corrected chi connectivity index (χ3v) is 6.06. The second kappa shape index (κ2) is 9.53. The van der Waals surface area contributed by atoms with Gasteiger partial charge in [0.25, 0.3) is 18.2 Å². The van der Waals surface area contributed by atoms with Gasteiger partial charge in [-0.05, 0) is 42.8 Å². The van der Waals surface area contributed by atoms with Crippen LogP contribution in [0.4, 0.5) is 27.6 Å². The van der Waals surface area contributed by atoms with E-state index in [-0.39, 0.29) is 33.6 Å². The van der Waals surface area contributed by atoms with Crippen LogP contribution in [-0.2, 0) is 12.9 Å². The molecule has 0 aliphatic carbocycles. The molecule has 3 aromatic heterocycles. The number of benzene rings is 1. The minimum absolute atomic E-state index is 0.0214. The monoisotopic (exact) mass is 525 g/mol. The Morgan fingerprint density at radius 1 is 1.22 bits per heavy atom. The number of pyridine rings is 1. The summed E-state index contributed by atoms with van der Waals surface area (Å²) in [5, 5.41) is 6.85. The molecular weight excluding hydrogens is 509 g/mol. The molecule has 8 nitrogen and oxygen atoms in total. The molecule has 188 valence electrons. The second-order valence-corrected chi connectivity index (χ2v) is 8.51. The van der Waals surface area contributed by atoms with Crippen LogP contribution in [0.25, 0.3) is 10.2 Å². The van der Waals surface area contributed by atoms with Gasteiger partial charge < -0.3 is 15.8 Å². The van der Waals surface area contributed by atoms with E-state index in [1.807, 2.05) is 0 Å². The van der Waals surface area contributed by atoms with Gasteiger partial charge in [0, 0.05) is 11.6 Å². The molecule has 0 atom stereocenters. The molecule has 4 rings (SSSR count). The van der Waals surface area contributed by atoms with Crippen molar-refractivity contribution in [1.29, 1.82) is 0 Å². The van der Waals surface area contributed by atoms with E-state index in [0.717, 1.165) is 29.5 Å². The number of thiophene rings is 1. The Bertz CT molecular complexity index is 1460. The lowest BCUT2D eigenvalue weighted by molar-refractivity contribution is -0.137. The maximum absolute atomic E-state index is 13.1. The number of aromatic nitrogens is 3. The first kappa shape index (κ1) is 25.0. The zero-order valence-electron chi connectivity index (χ0n) is 18.3. The van der Waals surface area contributed by atoms with E-state index in [1.54, 1.807) is 0 Å². The number of nitrogens with one attached hydrogen (secondary N) is 1. The summed E-state index contributed by atoms with van der Waals surface area (Å²) >= 11 is 0.769. The highest BCUT2D eigenvalue weighted by molar-refractivity contribution is 7.21. The molecule has 0 bridgehead atoms. The van der Waals surface area contributed by atoms with Gasteiger partial charge in [-0.3, -0.25) is 9.59 Å². The van der Waals surface area contributed by atoms with Crippen LogP contribution < -0.4 is 15.8 Å². The molecule has 4 aromatic rings. The van der Waals surface area contributed by atoms with Crippen molar-refractivity contribution in [2.24, 2.45) is 5.73 Å². The number of halogens is 5. The molecule has 0 fully saturated rings. The van der Waals surface area contributed by atoms with Gasteiger partial charge in [0.15, 0.2) is 12.4 Å². The van der Waals surface area contributed by atoms with Gasteiger partial charge in [0.1, 0.15) is 21.2 Å². The van der Waals surface area contributed by atoms with Crippen molar-refractivity contribution in [1.82, 2.24) is 14.8 Å². The van der Waals surface area contributed by atoms with Crippen LogP contribution in [-0.4, -0.2) is 26.6 Å². The summed E-state index contributed by atoms with van der Waals surface area (Å²) in [6.45, 7) is 1.24. The van der Waals surface area contributed by atoms with E-state index in [1.165, 1.54) is 36.0 Å². The van der Waals surface area contributed by atoms with Crippen molar-refractivity contribution < 1.29 is 36.3 Å². The molecule has 14 heteroatoms. The lowest BCUT2D eigenvalue weighted by Crippen LogP contribution is -2.18. The number of primary amides is 1. The molecule has 3 heterocycles. The molecular formula is C22H16F5N5O3S. The van der Waals surface area contributed by atoms with Crippen LogP contribution >= 0.6 is 11.3 Å². The molecule has 0 unspecified atom stereocenters. The van der Waals surface area contributed by atoms with Gasteiger partial charge >= 0.3 is 6.18 Å². The number of nitrogens with two attached hydrogens (primary N) is 1. The third-order valence-electron chi connectivity index (χ3n) is 4.96. The van der Waals surface area contributed by atoms with Gasteiger partial charge in [0.2, 0.25) is 0 Å². The summed E-state index contributed by atoms with van der Waals surface area (Å²) in [7, 11) is 0. The first-order chi connectivity index (χ1) is 16.9. The lowest BCUT2D eigenvalue weighted by Gasteiger charge is -2.10. The average Bonchev–Trinajstić information content (AvgIpc) is 3.42. The molecule has 0 aliphatic heterocycles. The predicted molar refractivity (Wildman–Crippen MR) is 120 cm³/mol. The number of carbonyl (C=O) groups excluding carboxylic acids is 2. The topological polar surface area (TPSA) is 112 Å². The van der Waals surface area contributed by atoms with E-state index in [4.69, 9.17) is 10.5 Å². The van der Waals surface area contributed by atoms with Crippen LogP contribution in [0.15, 0.2) is 42.6 Å². The zero-order chi connectivity index (χ0) is 26.2. The van der Waals surface area contributed by atoms with Crippen molar-refractivity contribution >= 4 is 39.1 Å². The van der Waals surface area contributed by atoms with E-state index >= 15 is 0 Å². The maximum Gasteiger partial charge on any atom is 0.416 e. The van der Waals surface area contributed by atoms with Crippen LogP contribution in [0.3, 0.4) is 0 Å². The quantitative estimate of drug-likeness (QED) is 0.325. The van der Waals surface area contributed by atoms with E-state index in [2.05, 4.69) is 15.4 Å². The van der Waals surface area contributed by atoms with Crippen molar-refractivity contribution in [2.75, 3.05) is 5.32 Å². The number of fused-ring (bicyclic) bond motifs is 1.